The van der Waals surface area contributed by atoms with Crippen molar-refractivity contribution in [3.63, 3.8) is 0 Å². The SMILES string of the molecule is CCC(=O)C(/C=C/c1ccccc1)C(=O)OC. The van der Waals surface area contributed by atoms with Gasteiger partial charge in [0.1, 0.15) is 5.92 Å². The number of hydrogen-bond acceptors (Lipinski definition) is 3. The van der Waals surface area contributed by atoms with E-state index in [1.165, 1.54) is 7.11 Å². The number of ketones is 1. The molecule has 0 heterocycles. The molecule has 3 nitrogen and oxygen atoms in total. The minimum atomic E-state index is -0.801. The van der Waals surface area contributed by atoms with Gasteiger partial charge in [0.15, 0.2) is 5.78 Å². The first-order valence-electron chi connectivity index (χ1n) is 5.52. The van der Waals surface area contributed by atoms with Crippen molar-refractivity contribution in [2.75, 3.05) is 7.11 Å². The van der Waals surface area contributed by atoms with Gasteiger partial charge in [-0.2, -0.15) is 0 Å². The molecule has 0 amide bonds. The van der Waals surface area contributed by atoms with Crippen LogP contribution in [0.25, 0.3) is 6.08 Å². The summed E-state index contributed by atoms with van der Waals surface area (Å²) in [5.74, 6) is -1.45. The van der Waals surface area contributed by atoms with Crippen LogP contribution in [-0.4, -0.2) is 18.9 Å². The zero-order valence-corrected chi connectivity index (χ0v) is 10.1. The Hall–Kier alpha value is -1.90. The van der Waals surface area contributed by atoms with Gasteiger partial charge >= 0.3 is 5.97 Å². The number of rotatable bonds is 5. The Kier molecular flexibility index (Phi) is 5.14. The fourth-order valence-corrected chi connectivity index (χ4v) is 1.44. The summed E-state index contributed by atoms with van der Waals surface area (Å²) in [6.07, 6.45) is 3.67. The maximum atomic E-state index is 11.6. The highest BCUT2D eigenvalue weighted by atomic mass is 16.5. The van der Waals surface area contributed by atoms with Crippen molar-refractivity contribution in [2.45, 2.75) is 13.3 Å². The lowest BCUT2D eigenvalue weighted by atomic mass is 10.0. The number of Topliss-reactive ketones (excluding diaryl/α,β-unsaturated/α-hetero) is 1. The van der Waals surface area contributed by atoms with Gasteiger partial charge in [0, 0.05) is 6.42 Å². The van der Waals surface area contributed by atoms with Crippen molar-refractivity contribution < 1.29 is 14.3 Å². The van der Waals surface area contributed by atoms with Crippen LogP contribution < -0.4 is 0 Å². The van der Waals surface area contributed by atoms with Crippen LogP contribution in [0, 0.1) is 5.92 Å². The van der Waals surface area contributed by atoms with Gasteiger partial charge in [-0.05, 0) is 5.56 Å². The van der Waals surface area contributed by atoms with E-state index < -0.39 is 11.9 Å². The Bertz CT molecular complexity index is 391. The highest BCUT2D eigenvalue weighted by Crippen LogP contribution is 2.10. The standard InChI is InChI=1S/C14H16O3/c1-3-13(15)12(14(16)17-2)10-9-11-7-5-4-6-8-11/h4-10,12H,3H2,1-2H3/b10-9+. The van der Waals surface area contributed by atoms with Crippen LogP contribution in [0.5, 0.6) is 0 Å². The molecule has 17 heavy (non-hydrogen) atoms. The van der Waals surface area contributed by atoms with E-state index in [4.69, 9.17) is 0 Å². The van der Waals surface area contributed by atoms with Crippen molar-refractivity contribution in [3.8, 4) is 0 Å². The lowest BCUT2D eigenvalue weighted by Gasteiger charge is -2.07. The highest BCUT2D eigenvalue weighted by molar-refractivity contribution is 6.01. The summed E-state index contributed by atoms with van der Waals surface area (Å²) in [7, 11) is 1.29. The van der Waals surface area contributed by atoms with Crippen LogP contribution in [0.1, 0.15) is 18.9 Å². The molecule has 0 saturated heterocycles. The molecule has 0 radical (unpaired) electrons. The molecule has 1 aromatic carbocycles. The van der Waals surface area contributed by atoms with E-state index in [1.54, 1.807) is 19.1 Å². The Morgan fingerprint density at radius 2 is 1.94 bits per heavy atom. The Morgan fingerprint density at radius 3 is 2.47 bits per heavy atom. The zero-order chi connectivity index (χ0) is 12.7. The van der Waals surface area contributed by atoms with Gasteiger partial charge in [-0.15, -0.1) is 0 Å². The van der Waals surface area contributed by atoms with Crippen molar-refractivity contribution in [2.24, 2.45) is 5.92 Å². The van der Waals surface area contributed by atoms with Crippen molar-refractivity contribution >= 4 is 17.8 Å². The number of methoxy groups -OCH3 is 1. The molecule has 0 aromatic heterocycles. The van der Waals surface area contributed by atoms with Crippen LogP contribution in [0.3, 0.4) is 0 Å². The summed E-state index contributed by atoms with van der Waals surface area (Å²) in [5.41, 5.74) is 0.949. The van der Waals surface area contributed by atoms with Crippen LogP contribution in [0.15, 0.2) is 36.4 Å². The molecule has 0 bridgehead atoms. The number of esters is 1. The largest absolute Gasteiger partial charge is 0.468 e. The molecule has 0 aliphatic carbocycles. The van der Waals surface area contributed by atoms with Gasteiger partial charge in [0.25, 0.3) is 0 Å². The number of ether oxygens (including phenoxy) is 1. The third-order valence-corrected chi connectivity index (χ3v) is 2.43. The second-order valence-electron chi connectivity index (χ2n) is 3.59. The number of carbonyl (C=O) groups excluding carboxylic acids is 2. The van der Waals surface area contributed by atoms with Gasteiger partial charge in [-0.25, -0.2) is 0 Å². The molecule has 0 aliphatic heterocycles. The van der Waals surface area contributed by atoms with Crippen molar-refractivity contribution in [3.05, 3.63) is 42.0 Å². The number of benzene rings is 1. The lowest BCUT2D eigenvalue weighted by molar-refractivity contribution is -0.147. The highest BCUT2D eigenvalue weighted by Gasteiger charge is 2.22. The first kappa shape index (κ1) is 13.2. The molecule has 0 saturated carbocycles. The lowest BCUT2D eigenvalue weighted by Crippen LogP contribution is -2.22. The average Bonchev–Trinajstić information content (AvgIpc) is 2.39. The molecule has 90 valence electrons. The fraction of sp³-hybridized carbons (Fsp3) is 0.286. The minimum Gasteiger partial charge on any atom is -0.468 e. The van der Waals surface area contributed by atoms with E-state index >= 15 is 0 Å². The molecular formula is C14H16O3. The molecule has 1 unspecified atom stereocenters. The third kappa shape index (κ3) is 3.87. The molecule has 1 atom stereocenters. The second-order valence-corrected chi connectivity index (χ2v) is 3.59. The molecule has 0 N–H and O–H groups in total. The summed E-state index contributed by atoms with van der Waals surface area (Å²) in [6, 6.07) is 9.51. The average molecular weight is 232 g/mol. The topological polar surface area (TPSA) is 43.4 Å². The predicted molar refractivity (Wildman–Crippen MR) is 66.3 cm³/mol. The summed E-state index contributed by atoms with van der Waals surface area (Å²) in [6.45, 7) is 1.73. The van der Waals surface area contributed by atoms with Crippen LogP contribution in [0.2, 0.25) is 0 Å². The fourth-order valence-electron chi connectivity index (χ4n) is 1.44. The smallest absolute Gasteiger partial charge is 0.320 e. The maximum absolute atomic E-state index is 11.6. The monoisotopic (exact) mass is 232 g/mol. The molecule has 3 heteroatoms. The molecular weight excluding hydrogens is 216 g/mol. The Labute approximate surface area is 101 Å². The van der Waals surface area contributed by atoms with Gasteiger partial charge in [-0.1, -0.05) is 49.4 Å². The van der Waals surface area contributed by atoms with Gasteiger partial charge < -0.3 is 4.74 Å². The molecule has 1 rings (SSSR count). The Morgan fingerprint density at radius 1 is 1.29 bits per heavy atom. The zero-order valence-electron chi connectivity index (χ0n) is 10.1. The van der Waals surface area contributed by atoms with E-state index in [2.05, 4.69) is 4.74 Å². The predicted octanol–water partition coefficient (Wildman–Crippen LogP) is 2.47. The minimum absolute atomic E-state index is 0.135. The van der Waals surface area contributed by atoms with Gasteiger partial charge in [-0.3, -0.25) is 9.59 Å². The van der Waals surface area contributed by atoms with E-state index in [0.29, 0.717) is 6.42 Å². The third-order valence-electron chi connectivity index (χ3n) is 2.43. The van der Waals surface area contributed by atoms with Crippen LogP contribution in [-0.2, 0) is 14.3 Å². The van der Waals surface area contributed by atoms with E-state index in [-0.39, 0.29) is 5.78 Å². The summed E-state index contributed by atoms with van der Waals surface area (Å²) in [4.78, 5) is 23.0. The normalized spacial score (nSPS) is 12.4. The molecule has 0 fully saturated rings. The summed E-state index contributed by atoms with van der Waals surface area (Å²) in [5, 5.41) is 0. The number of hydrogen-bond donors (Lipinski definition) is 0. The van der Waals surface area contributed by atoms with E-state index in [9.17, 15) is 9.59 Å². The van der Waals surface area contributed by atoms with Crippen molar-refractivity contribution in [1.82, 2.24) is 0 Å². The summed E-state index contributed by atoms with van der Waals surface area (Å²) >= 11 is 0. The molecule has 1 aromatic rings. The quantitative estimate of drug-likeness (QED) is 0.578. The maximum Gasteiger partial charge on any atom is 0.320 e. The first-order valence-corrected chi connectivity index (χ1v) is 5.52. The summed E-state index contributed by atoms with van der Waals surface area (Å²) < 4.78 is 4.61. The van der Waals surface area contributed by atoms with Crippen LogP contribution >= 0.6 is 0 Å². The molecule has 0 aliphatic rings. The van der Waals surface area contributed by atoms with E-state index in [0.717, 1.165) is 5.56 Å². The number of carbonyl (C=O) groups is 2. The second kappa shape index (κ2) is 6.63. The van der Waals surface area contributed by atoms with Crippen molar-refractivity contribution in [1.29, 1.82) is 0 Å². The van der Waals surface area contributed by atoms with Gasteiger partial charge in [0.2, 0.25) is 0 Å². The van der Waals surface area contributed by atoms with Crippen LogP contribution in [0.4, 0.5) is 0 Å². The Balaban J connectivity index is 2.83. The van der Waals surface area contributed by atoms with Gasteiger partial charge in [0.05, 0.1) is 7.11 Å². The molecule has 0 spiro atoms. The first-order chi connectivity index (χ1) is 8.19. The van der Waals surface area contributed by atoms with E-state index in [1.807, 2.05) is 30.3 Å².